The van der Waals surface area contributed by atoms with E-state index in [1.807, 2.05) is 76.2 Å². The standard InChI is InChI=1S/C22H23BrN2O5.C17H22O3.C5H3BrN2O3/c1-22(2,30-20-8-3-4-11-28-20)10-9-16-6-5-7-17(12-16)15-29-19-13-18(23)14-24-21(19)25(26)27;1-17(2,20-16-8-3-4-11-19-16)10-9-14-6-5-7-15(12-14)13-18;6-3-1-4(9)5(7-2-3)8(10)11/h5-7,12-14,20H,3-4,8,11,15H2,1-2H3;5-7,12,16,18H,3-4,8,11,13H2,1-2H3;1-2,9H. The van der Waals surface area contributed by atoms with Gasteiger partial charge in [-0.3, -0.25) is 0 Å². The highest BCUT2D eigenvalue weighted by molar-refractivity contribution is 9.10. The van der Waals surface area contributed by atoms with Crippen LogP contribution in [0, 0.1) is 43.9 Å². The maximum absolute atomic E-state index is 11.1. The first-order valence-corrected chi connectivity index (χ1v) is 21.0. The van der Waals surface area contributed by atoms with Crippen LogP contribution in [0.3, 0.4) is 0 Å². The van der Waals surface area contributed by atoms with Crippen LogP contribution in [-0.4, -0.2) is 67.0 Å². The normalized spacial score (nSPS) is 16.1. The molecular weight excluding hydrogens is 920 g/mol. The Morgan fingerprint density at radius 1 is 0.754 bits per heavy atom. The molecular formula is C44H48Br2N4O11. The summed E-state index contributed by atoms with van der Waals surface area (Å²) in [5.41, 5.74) is 2.21. The maximum atomic E-state index is 11.1. The summed E-state index contributed by atoms with van der Waals surface area (Å²) in [4.78, 5) is 27.1. The minimum atomic E-state index is -0.748. The zero-order valence-electron chi connectivity index (χ0n) is 34.3. The average Bonchev–Trinajstić information content (AvgIpc) is 3.22. The molecule has 2 aromatic heterocycles. The van der Waals surface area contributed by atoms with Crippen molar-refractivity contribution in [3.8, 4) is 35.2 Å². The summed E-state index contributed by atoms with van der Waals surface area (Å²) in [5.74, 6) is 11.4. The van der Waals surface area contributed by atoms with Gasteiger partial charge in [-0.2, -0.15) is 0 Å². The number of halogens is 2. The number of hydrogen-bond donors (Lipinski definition) is 2. The molecule has 0 bridgehead atoms. The van der Waals surface area contributed by atoms with E-state index in [4.69, 9.17) is 33.9 Å². The topological polar surface area (TPSA) is 199 Å². The van der Waals surface area contributed by atoms with Crippen LogP contribution in [0.15, 0.2) is 82.0 Å². The molecule has 2 atom stereocenters. The molecule has 61 heavy (non-hydrogen) atoms. The summed E-state index contributed by atoms with van der Waals surface area (Å²) < 4.78 is 29.9. The van der Waals surface area contributed by atoms with Crippen molar-refractivity contribution in [3.63, 3.8) is 0 Å². The number of nitro groups is 2. The molecule has 324 valence electrons. The number of nitrogens with zero attached hydrogens (tertiary/aromatic N) is 4. The van der Waals surface area contributed by atoms with Gasteiger partial charge in [0, 0.05) is 36.5 Å². The highest BCUT2D eigenvalue weighted by Crippen LogP contribution is 2.29. The molecule has 2 aliphatic heterocycles. The van der Waals surface area contributed by atoms with E-state index >= 15 is 0 Å². The average molecular weight is 969 g/mol. The lowest BCUT2D eigenvalue weighted by Gasteiger charge is -2.29. The van der Waals surface area contributed by atoms with Crippen LogP contribution in [0.4, 0.5) is 11.6 Å². The quantitative estimate of drug-likeness (QED) is 0.0867. The van der Waals surface area contributed by atoms with Crippen LogP contribution in [0.25, 0.3) is 0 Å². The number of aliphatic hydroxyl groups is 1. The van der Waals surface area contributed by atoms with E-state index in [-0.39, 0.29) is 37.4 Å². The van der Waals surface area contributed by atoms with Gasteiger partial charge in [-0.25, -0.2) is 0 Å². The number of hydrogen-bond acceptors (Lipinski definition) is 13. The van der Waals surface area contributed by atoms with Gasteiger partial charge in [-0.1, -0.05) is 47.9 Å². The number of ether oxygens (including phenoxy) is 5. The molecule has 0 aliphatic carbocycles. The summed E-state index contributed by atoms with van der Waals surface area (Å²) in [5, 5.41) is 39.3. The molecule has 2 saturated heterocycles. The van der Waals surface area contributed by atoms with Gasteiger partial charge in [0.2, 0.25) is 11.5 Å². The Kier molecular flexibility index (Phi) is 19.0. The third kappa shape index (κ3) is 17.5. The van der Waals surface area contributed by atoms with Gasteiger partial charge in [0.25, 0.3) is 0 Å². The predicted octanol–water partition coefficient (Wildman–Crippen LogP) is 9.31. The van der Waals surface area contributed by atoms with Crippen molar-refractivity contribution in [1.29, 1.82) is 0 Å². The van der Waals surface area contributed by atoms with Gasteiger partial charge in [-0.15, -0.1) is 0 Å². The summed E-state index contributed by atoms with van der Waals surface area (Å²) in [6.45, 7) is 9.43. The van der Waals surface area contributed by atoms with Crippen LogP contribution >= 0.6 is 31.9 Å². The number of rotatable bonds is 10. The first kappa shape index (κ1) is 48.7. The van der Waals surface area contributed by atoms with E-state index in [0.29, 0.717) is 8.95 Å². The molecule has 6 rings (SSSR count). The monoisotopic (exact) mass is 966 g/mol. The second-order valence-corrected chi connectivity index (χ2v) is 16.5. The second kappa shape index (κ2) is 23.9. The summed E-state index contributed by atoms with van der Waals surface area (Å²) in [7, 11) is 0. The first-order valence-electron chi connectivity index (χ1n) is 19.4. The smallest absolute Gasteiger partial charge is 0.406 e. The van der Waals surface area contributed by atoms with Crippen molar-refractivity contribution >= 4 is 43.5 Å². The maximum Gasteiger partial charge on any atom is 0.406 e. The van der Waals surface area contributed by atoms with E-state index in [1.54, 1.807) is 0 Å². The summed E-state index contributed by atoms with van der Waals surface area (Å²) in [6, 6.07) is 17.9. The molecule has 2 fully saturated rings. The number of aromatic nitrogens is 2. The van der Waals surface area contributed by atoms with Gasteiger partial charge in [0.1, 0.15) is 17.8 Å². The largest absolute Gasteiger partial charge is 0.501 e. The molecule has 0 saturated carbocycles. The van der Waals surface area contributed by atoms with Crippen molar-refractivity contribution in [2.75, 3.05) is 13.2 Å². The van der Waals surface area contributed by atoms with Gasteiger partial charge in [0.15, 0.2) is 25.0 Å². The fourth-order valence-corrected chi connectivity index (χ4v) is 6.27. The van der Waals surface area contributed by atoms with Gasteiger partial charge in [-0.05, 0) is 153 Å². The minimum Gasteiger partial charge on any atom is -0.501 e. The Hall–Kier alpha value is -4.98. The SMILES string of the molecule is CC(C)(C#Cc1cccc(CO)c1)OC1CCCCO1.CC(C)(C#Cc1cccc(COc2cc(Br)cnc2[N+](=O)[O-])c1)OC1CCCCO1.O=[N+]([O-])c1ncc(Br)cc1O. The van der Waals surface area contributed by atoms with Crippen LogP contribution in [0.5, 0.6) is 11.5 Å². The van der Waals surface area contributed by atoms with Crippen LogP contribution in [0.2, 0.25) is 0 Å². The molecule has 17 heteroatoms. The van der Waals surface area contributed by atoms with Crippen molar-refractivity contribution in [3.05, 3.63) is 124 Å². The Balaban J connectivity index is 0.000000226. The second-order valence-electron chi connectivity index (χ2n) is 14.7. The van der Waals surface area contributed by atoms with Crippen LogP contribution in [0.1, 0.15) is 88.5 Å². The van der Waals surface area contributed by atoms with Crippen molar-refractivity contribution in [1.82, 2.24) is 9.97 Å². The van der Waals surface area contributed by atoms with E-state index in [1.165, 1.54) is 24.5 Å². The highest BCUT2D eigenvalue weighted by atomic mass is 79.9. The fraction of sp³-hybridized carbons (Fsp3) is 0.409. The lowest BCUT2D eigenvalue weighted by molar-refractivity contribution is -0.390. The lowest BCUT2D eigenvalue weighted by Crippen LogP contribution is -2.33. The molecule has 2 unspecified atom stereocenters. The highest BCUT2D eigenvalue weighted by Gasteiger charge is 2.25. The Morgan fingerprint density at radius 2 is 1.25 bits per heavy atom. The van der Waals surface area contributed by atoms with Crippen LogP contribution in [-0.2, 0) is 32.2 Å². The molecule has 2 N–H and O–H groups in total. The Labute approximate surface area is 371 Å². The van der Waals surface area contributed by atoms with Crippen molar-refractivity contribution in [2.45, 2.75) is 103 Å². The number of aromatic hydroxyl groups is 1. The summed E-state index contributed by atoms with van der Waals surface area (Å²) >= 11 is 6.25. The summed E-state index contributed by atoms with van der Waals surface area (Å²) in [6.07, 6.45) is 8.50. The predicted molar refractivity (Wildman–Crippen MR) is 233 cm³/mol. The van der Waals surface area contributed by atoms with Gasteiger partial charge in [0.05, 0.1) is 15.6 Å². The van der Waals surface area contributed by atoms with Gasteiger partial charge >= 0.3 is 11.6 Å². The van der Waals surface area contributed by atoms with Crippen molar-refractivity contribution in [2.24, 2.45) is 0 Å². The molecule has 0 amide bonds. The minimum absolute atomic E-state index is 0.0331. The Morgan fingerprint density at radius 3 is 1.72 bits per heavy atom. The third-order valence-corrected chi connectivity index (χ3v) is 9.40. The Bertz CT molecular complexity index is 2220. The number of pyridine rings is 2. The molecule has 2 aliphatic rings. The first-order chi connectivity index (χ1) is 29.0. The molecule has 4 heterocycles. The third-order valence-electron chi connectivity index (χ3n) is 8.53. The lowest BCUT2D eigenvalue weighted by atomic mass is 10.1. The van der Waals surface area contributed by atoms with Crippen LogP contribution < -0.4 is 4.74 Å². The zero-order valence-corrected chi connectivity index (χ0v) is 37.4. The number of aliphatic hydroxyl groups excluding tert-OH is 1. The van der Waals surface area contributed by atoms with Crippen molar-refractivity contribution < 1.29 is 43.7 Å². The van der Waals surface area contributed by atoms with E-state index in [2.05, 4.69) is 65.5 Å². The fourth-order valence-electron chi connectivity index (χ4n) is 5.64. The van der Waals surface area contributed by atoms with E-state index in [9.17, 15) is 20.2 Å². The zero-order chi connectivity index (χ0) is 44.4. The number of benzene rings is 2. The van der Waals surface area contributed by atoms with E-state index in [0.717, 1.165) is 74.0 Å². The molecule has 2 aromatic carbocycles. The molecule has 4 aromatic rings. The molecule has 0 radical (unpaired) electrons. The van der Waals surface area contributed by atoms with Gasteiger partial charge < -0.3 is 54.1 Å². The molecule has 15 nitrogen and oxygen atoms in total. The van der Waals surface area contributed by atoms with E-state index < -0.39 is 32.6 Å². The molecule has 0 spiro atoms.